The molecule has 0 amide bonds. The van der Waals surface area contributed by atoms with Crippen molar-refractivity contribution in [2.45, 2.75) is 39.3 Å². The fourth-order valence-electron chi connectivity index (χ4n) is 2.50. The summed E-state index contributed by atoms with van der Waals surface area (Å²) in [5.41, 5.74) is 1.82. The molecule has 0 bridgehead atoms. The largest absolute Gasteiger partial charge is 0.493 e. The number of unbranched alkanes of at least 4 members (excludes halogenated alkanes) is 2. The number of hydrogen-bond acceptors (Lipinski definition) is 3. The Morgan fingerprint density at radius 2 is 1.92 bits per heavy atom. The van der Waals surface area contributed by atoms with Gasteiger partial charge in [-0.3, -0.25) is 0 Å². The summed E-state index contributed by atoms with van der Waals surface area (Å²) in [5.74, 6) is 0.890. The van der Waals surface area contributed by atoms with E-state index in [4.69, 9.17) is 21.1 Å². The molecule has 0 spiro atoms. The van der Waals surface area contributed by atoms with Gasteiger partial charge in [-0.05, 0) is 42.8 Å². The average molecular weight is 445 g/mol. The topological polar surface area (TPSA) is 30.5 Å². The lowest BCUT2D eigenvalue weighted by molar-refractivity contribution is 0.284. The Bertz CT molecular complexity index is 727. The average Bonchev–Trinajstić information content (AvgIpc) is 2.62. The summed E-state index contributed by atoms with van der Waals surface area (Å²) in [7, 11) is 1.61. The predicted molar refractivity (Wildman–Crippen MR) is 108 cm³/mol. The highest BCUT2D eigenvalue weighted by Gasteiger charge is 2.11. The first kappa shape index (κ1) is 21.0. The maximum Gasteiger partial charge on any atom is 0.162 e. The minimum absolute atomic E-state index is 0.233. The van der Waals surface area contributed by atoms with Gasteiger partial charge in [-0.15, -0.1) is 0 Å². The van der Waals surface area contributed by atoms with Crippen molar-refractivity contribution in [1.29, 1.82) is 0 Å². The van der Waals surface area contributed by atoms with Crippen LogP contribution in [0.25, 0.3) is 0 Å². The Hall–Kier alpha value is -1.30. The molecule has 26 heavy (non-hydrogen) atoms. The minimum Gasteiger partial charge on any atom is -0.493 e. The van der Waals surface area contributed by atoms with E-state index in [1.807, 2.05) is 12.1 Å². The van der Waals surface area contributed by atoms with E-state index in [0.29, 0.717) is 22.1 Å². The van der Waals surface area contributed by atoms with Gasteiger partial charge in [0.15, 0.2) is 11.5 Å². The molecule has 2 aromatic carbocycles. The van der Waals surface area contributed by atoms with Crippen molar-refractivity contribution >= 4 is 27.5 Å². The zero-order chi connectivity index (χ0) is 18.9. The SMILES string of the molecule is CCCCCNCc1cc(OC)c(OCc2ccc(F)cc2Cl)cc1Br. The third kappa shape index (κ3) is 6.15. The van der Waals surface area contributed by atoms with E-state index in [2.05, 4.69) is 28.2 Å². The van der Waals surface area contributed by atoms with Gasteiger partial charge in [0.1, 0.15) is 12.4 Å². The number of ether oxygens (including phenoxy) is 2. The van der Waals surface area contributed by atoms with E-state index in [1.54, 1.807) is 13.2 Å². The molecule has 0 fully saturated rings. The number of rotatable bonds is 10. The van der Waals surface area contributed by atoms with Crippen LogP contribution in [-0.4, -0.2) is 13.7 Å². The van der Waals surface area contributed by atoms with Crippen LogP contribution in [0.5, 0.6) is 11.5 Å². The number of hydrogen-bond donors (Lipinski definition) is 1. The summed E-state index contributed by atoms with van der Waals surface area (Å²) in [4.78, 5) is 0. The summed E-state index contributed by atoms with van der Waals surface area (Å²) in [6.45, 7) is 4.17. The van der Waals surface area contributed by atoms with Gasteiger partial charge in [0, 0.05) is 16.6 Å². The zero-order valence-electron chi connectivity index (χ0n) is 15.1. The fraction of sp³-hybridized carbons (Fsp3) is 0.400. The van der Waals surface area contributed by atoms with Crippen LogP contribution in [0.3, 0.4) is 0 Å². The molecule has 0 radical (unpaired) electrons. The summed E-state index contributed by atoms with van der Waals surface area (Å²) < 4.78 is 25.4. The first-order chi connectivity index (χ1) is 12.5. The van der Waals surface area contributed by atoms with Crippen molar-refractivity contribution in [3.63, 3.8) is 0 Å². The molecule has 0 atom stereocenters. The molecule has 2 aromatic rings. The zero-order valence-corrected chi connectivity index (χ0v) is 17.4. The molecule has 0 aliphatic heterocycles. The summed E-state index contributed by atoms with van der Waals surface area (Å²) in [5, 5.41) is 3.78. The highest BCUT2D eigenvalue weighted by atomic mass is 79.9. The van der Waals surface area contributed by atoms with Crippen LogP contribution in [-0.2, 0) is 13.2 Å². The highest BCUT2D eigenvalue weighted by Crippen LogP contribution is 2.34. The van der Waals surface area contributed by atoms with Crippen LogP contribution in [0.15, 0.2) is 34.8 Å². The standard InChI is InChI=1S/C20H24BrClFNO2/c1-3-4-5-8-24-12-15-9-19(25-2)20(11-17(15)21)26-13-14-6-7-16(23)10-18(14)22/h6-7,9-11,24H,3-5,8,12-13H2,1-2H3. The van der Waals surface area contributed by atoms with Crippen LogP contribution in [0, 0.1) is 5.82 Å². The monoisotopic (exact) mass is 443 g/mol. The van der Waals surface area contributed by atoms with E-state index >= 15 is 0 Å². The maximum absolute atomic E-state index is 13.1. The van der Waals surface area contributed by atoms with Gasteiger partial charge in [0.2, 0.25) is 0 Å². The molecule has 0 heterocycles. The van der Waals surface area contributed by atoms with Gasteiger partial charge in [-0.2, -0.15) is 0 Å². The van der Waals surface area contributed by atoms with Crippen LogP contribution >= 0.6 is 27.5 Å². The van der Waals surface area contributed by atoms with Gasteiger partial charge >= 0.3 is 0 Å². The lowest BCUT2D eigenvalue weighted by atomic mass is 10.2. The molecule has 2 rings (SSSR count). The minimum atomic E-state index is -0.366. The van der Waals surface area contributed by atoms with Crippen molar-refractivity contribution in [2.75, 3.05) is 13.7 Å². The Morgan fingerprint density at radius 1 is 1.12 bits per heavy atom. The Morgan fingerprint density at radius 3 is 2.62 bits per heavy atom. The summed E-state index contributed by atoms with van der Waals surface area (Å²) >= 11 is 9.64. The highest BCUT2D eigenvalue weighted by molar-refractivity contribution is 9.10. The lowest BCUT2D eigenvalue weighted by Gasteiger charge is -2.15. The van der Waals surface area contributed by atoms with E-state index < -0.39 is 0 Å². The summed E-state index contributed by atoms with van der Waals surface area (Å²) in [6.07, 6.45) is 3.62. The first-order valence-electron chi connectivity index (χ1n) is 8.69. The second kappa shape index (κ2) is 10.8. The number of methoxy groups -OCH3 is 1. The molecule has 0 aliphatic carbocycles. The predicted octanol–water partition coefficient (Wildman–Crippen LogP) is 6.11. The van der Waals surface area contributed by atoms with Crippen molar-refractivity contribution < 1.29 is 13.9 Å². The normalized spacial score (nSPS) is 10.8. The maximum atomic E-state index is 13.1. The third-order valence-electron chi connectivity index (χ3n) is 4.00. The quantitative estimate of drug-likeness (QED) is 0.449. The van der Waals surface area contributed by atoms with Gasteiger partial charge in [0.25, 0.3) is 0 Å². The molecule has 6 heteroatoms. The third-order valence-corrected chi connectivity index (χ3v) is 5.09. The molecule has 0 unspecified atom stereocenters. The molecule has 3 nitrogen and oxygen atoms in total. The van der Waals surface area contributed by atoms with Crippen molar-refractivity contribution in [1.82, 2.24) is 5.32 Å². The van der Waals surface area contributed by atoms with Gasteiger partial charge in [0.05, 0.1) is 12.1 Å². The van der Waals surface area contributed by atoms with E-state index in [9.17, 15) is 4.39 Å². The van der Waals surface area contributed by atoms with Crippen LogP contribution in [0.1, 0.15) is 37.3 Å². The van der Waals surface area contributed by atoms with Crippen molar-refractivity contribution in [2.24, 2.45) is 0 Å². The van der Waals surface area contributed by atoms with Crippen molar-refractivity contribution in [3.8, 4) is 11.5 Å². The van der Waals surface area contributed by atoms with Gasteiger partial charge < -0.3 is 14.8 Å². The van der Waals surface area contributed by atoms with Crippen molar-refractivity contribution in [3.05, 3.63) is 56.8 Å². The van der Waals surface area contributed by atoms with Crippen LogP contribution in [0.2, 0.25) is 5.02 Å². The lowest BCUT2D eigenvalue weighted by Crippen LogP contribution is -2.15. The second-order valence-corrected chi connectivity index (χ2v) is 7.26. The molecule has 0 aromatic heterocycles. The van der Waals surface area contributed by atoms with Gasteiger partial charge in [-0.25, -0.2) is 4.39 Å². The van der Waals surface area contributed by atoms with E-state index in [-0.39, 0.29) is 12.4 Å². The van der Waals surface area contributed by atoms with Gasteiger partial charge in [-0.1, -0.05) is 53.4 Å². The smallest absolute Gasteiger partial charge is 0.162 e. The molecule has 0 saturated carbocycles. The number of benzene rings is 2. The first-order valence-corrected chi connectivity index (χ1v) is 9.86. The van der Waals surface area contributed by atoms with Crippen LogP contribution in [0.4, 0.5) is 4.39 Å². The molecule has 0 aliphatic rings. The fourth-order valence-corrected chi connectivity index (χ4v) is 3.19. The Kier molecular flexibility index (Phi) is 8.69. The molecular formula is C20H24BrClFNO2. The Balaban J connectivity index is 2.03. The second-order valence-electron chi connectivity index (χ2n) is 6.00. The molecule has 142 valence electrons. The summed E-state index contributed by atoms with van der Waals surface area (Å²) in [6, 6.07) is 8.11. The number of halogens is 3. The van der Waals surface area contributed by atoms with E-state index in [0.717, 1.165) is 23.1 Å². The Labute approximate surface area is 168 Å². The molecule has 1 N–H and O–H groups in total. The van der Waals surface area contributed by atoms with Crippen LogP contribution < -0.4 is 14.8 Å². The molecule has 0 saturated heterocycles. The molecular weight excluding hydrogens is 421 g/mol. The van der Waals surface area contributed by atoms with E-state index in [1.165, 1.54) is 31.4 Å². The number of nitrogens with one attached hydrogen (secondary N) is 1.